The van der Waals surface area contributed by atoms with E-state index >= 15 is 0 Å². The molecule has 0 saturated carbocycles. The van der Waals surface area contributed by atoms with Crippen molar-refractivity contribution in [2.45, 2.75) is 44.1 Å². The summed E-state index contributed by atoms with van der Waals surface area (Å²) in [4.78, 5) is 13.4. The molecule has 2 N–H and O–H groups in total. The molecule has 0 radical (unpaired) electrons. The fraction of sp³-hybridized carbons (Fsp3) is 0.296. The van der Waals surface area contributed by atoms with Crippen LogP contribution in [0.25, 0.3) is 0 Å². The van der Waals surface area contributed by atoms with Gasteiger partial charge in [0, 0.05) is 33.9 Å². The summed E-state index contributed by atoms with van der Waals surface area (Å²) in [5.41, 5.74) is 0.880. The van der Waals surface area contributed by atoms with E-state index in [0.717, 1.165) is 28.3 Å². The number of carbonyl (C=O) groups is 1. The van der Waals surface area contributed by atoms with E-state index in [-0.39, 0.29) is 12.5 Å². The zero-order valence-corrected chi connectivity index (χ0v) is 21.2. The molecular weight excluding hydrogens is 492 g/mol. The molecule has 0 aliphatic carbocycles. The van der Waals surface area contributed by atoms with Gasteiger partial charge in [-0.15, -0.1) is 11.8 Å². The first kappa shape index (κ1) is 27.4. The Kier molecular flexibility index (Phi) is 8.55. The topological polar surface area (TPSA) is 50.4 Å². The lowest BCUT2D eigenvalue weighted by molar-refractivity contribution is -0.140. The average Bonchev–Trinajstić information content (AvgIpc) is 2.80. The molecule has 0 spiro atoms. The first-order valence-corrected chi connectivity index (χ1v) is 12.2. The number of anilines is 2. The van der Waals surface area contributed by atoms with Gasteiger partial charge in [0.25, 0.3) is 0 Å². The van der Waals surface area contributed by atoms with Crippen LogP contribution in [0.5, 0.6) is 5.75 Å². The number of carbonyl (C=O) groups excluding carboxylic acids is 1. The Morgan fingerprint density at radius 3 is 2.36 bits per heavy atom. The highest BCUT2D eigenvalue weighted by Gasteiger charge is 2.33. The van der Waals surface area contributed by atoms with Crippen molar-refractivity contribution in [1.29, 1.82) is 0 Å². The first-order chi connectivity index (χ1) is 16.9. The van der Waals surface area contributed by atoms with Gasteiger partial charge >= 0.3 is 6.18 Å². The van der Waals surface area contributed by atoms with E-state index in [4.69, 9.17) is 4.74 Å². The van der Waals surface area contributed by atoms with Gasteiger partial charge < -0.3 is 15.4 Å². The number of hydrogen-bond donors (Lipinski definition) is 2. The number of ether oxygens (including phenoxy) is 1. The van der Waals surface area contributed by atoms with Crippen molar-refractivity contribution in [3.8, 4) is 5.75 Å². The predicted octanol–water partition coefficient (Wildman–Crippen LogP) is 7.74. The Morgan fingerprint density at radius 2 is 1.72 bits per heavy atom. The van der Waals surface area contributed by atoms with Gasteiger partial charge in [-0.2, -0.15) is 13.2 Å². The number of para-hydroxylation sites is 1. The van der Waals surface area contributed by atoms with E-state index in [9.17, 15) is 22.4 Å². The van der Waals surface area contributed by atoms with E-state index in [2.05, 4.69) is 10.6 Å². The minimum atomic E-state index is -4.73. The van der Waals surface area contributed by atoms with E-state index in [1.807, 2.05) is 51.1 Å². The first-order valence-electron chi connectivity index (χ1n) is 11.2. The molecule has 0 bridgehead atoms. The summed E-state index contributed by atoms with van der Waals surface area (Å²) >= 11 is 1.53. The summed E-state index contributed by atoms with van der Waals surface area (Å²) in [7, 11) is 1.57. The van der Waals surface area contributed by atoms with Crippen molar-refractivity contribution < 1.29 is 27.1 Å². The maximum Gasteiger partial charge on any atom is 0.419 e. The van der Waals surface area contributed by atoms with Crippen LogP contribution in [0.15, 0.2) is 65.6 Å². The third-order valence-electron chi connectivity index (χ3n) is 5.32. The van der Waals surface area contributed by atoms with Crippen LogP contribution in [0.3, 0.4) is 0 Å². The second-order valence-corrected chi connectivity index (χ2v) is 10.2. The van der Waals surface area contributed by atoms with Crippen molar-refractivity contribution in [2.24, 2.45) is 5.41 Å². The Bertz CT molecular complexity index is 1220. The number of thioether (sulfide) groups is 1. The van der Waals surface area contributed by atoms with E-state index in [0.29, 0.717) is 22.8 Å². The fourth-order valence-corrected chi connectivity index (χ4v) is 4.25. The zero-order valence-electron chi connectivity index (χ0n) is 20.4. The van der Waals surface area contributed by atoms with Crippen molar-refractivity contribution >= 4 is 29.0 Å². The molecule has 0 heterocycles. The number of nitrogens with one attached hydrogen (secondary N) is 2. The van der Waals surface area contributed by atoms with E-state index in [1.165, 1.54) is 17.8 Å². The molecule has 1 amide bonds. The fourth-order valence-electron chi connectivity index (χ4n) is 3.27. The van der Waals surface area contributed by atoms with Crippen LogP contribution >= 0.6 is 11.8 Å². The summed E-state index contributed by atoms with van der Waals surface area (Å²) in [6.07, 6.45) is -4.73. The van der Waals surface area contributed by atoms with Gasteiger partial charge in [-0.1, -0.05) is 39.0 Å². The number of rotatable bonds is 8. The van der Waals surface area contributed by atoms with Gasteiger partial charge in [-0.25, -0.2) is 4.39 Å². The van der Waals surface area contributed by atoms with Crippen molar-refractivity contribution in [3.63, 3.8) is 0 Å². The van der Waals surface area contributed by atoms with Crippen LogP contribution in [0.1, 0.15) is 37.5 Å². The van der Waals surface area contributed by atoms with Crippen molar-refractivity contribution in [2.75, 3.05) is 17.7 Å². The molecule has 3 rings (SSSR count). The van der Waals surface area contributed by atoms with Crippen molar-refractivity contribution in [1.82, 2.24) is 0 Å². The highest BCUT2D eigenvalue weighted by molar-refractivity contribution is 7.98. The maximum absolute atomic E-state index is 13.9. The maximum atomic E-state index is 13.9. The van der Waals surface area contributed by atoms with Gasteiger partial charge in [0.1, 0.15) is 11.6 Å². The van der Waals surface area contributed by atoms with Gasteiger partial charge in [0.05, 0.1) is 18.4 Å². The Morgan fingerprint density at radius 1 is 1.00 bits per heavy atom. The van der Waals surface area contributed by atoms with Gasteiger partial charge in [-0.05, 0) is 48.0 Å². The minimum absolute atomic E-state index is 0.0842. The number of methoxy groups -OCH3 is 1. The molecule has 192 valence electrons. The summed E-state index contributed by atoms with van der Waals surface area (Å²) in [5, 5.41) is 6.10. The van der Waals surface area contributed by atoms with Gasteiger partial charge in [0.2, 0.25) is 5.91 Å². The minimum Gasteiger partial charge on any atom is -0.496 e. The predicted molar refractivity (Wildman–Crippen MR) is 136 cm³/mol. The smallest absolute Gasteiger partial charge is 0.419 e. The molecule has 36 heavy (non-hydrogen) atoms. The molecule has 3 aromatic rings. The third-order valence-corrected chi connectivity index (χ3v) is 6.44. The second-order valence-electron chi connectivity index (χ2n) is 9.18. The molecular formula is C27H28F4N2O2S. The molecule has 9 heteroatoms. The number of alkyl halides is 3. The lowest BCUT2D eigenvalue weighted by Gasteiger charge is -2.19. The molecule has 0 aromatic heterocycles. The SMILES string of the molecule is COc1ccc(NCc2ccc(C(F)(F)F)c(F)c2)cc1CSc1ccccc1NC(=O)C(C)(C)C. The van der Waals surface area contributed by atoms with Crippen LogP contribution < -0.4 is 15.4 Å². The quantitative estimate of drug-likeness (QED) is 0.236. The van der Waals surface area contributed by atoms with Crippen LogP contribution in [0.4, 0.5) is 28.9 Å². The van der Waals surface area contributed by atoms with Gasteiger partial charge in [0.15, 0.2) is 0 Å². The Balaban J connectivity index is 1.72. The Hall–Kier alpha value is -3.20. The van der Waals surface area contributed by atoms with E-state index < -0.39 is 23.0 Å². The molecule has 0 saturated heterocycles. The third kappa shape index (κ3) is 7.16. The molecule has 0 aliphatic rings. The monoisotopic (exact) mass is 520 g/mol. The molecule has 0 aliphatic heterocycles. The van der Waals surface area contributed by atoms with Crippen molar-refractivity contribution in [3.05, 3.63) is 83.2 Å². The summed E-state index contributed by atoms with van der Waals surface area (Å²) in [6, 6.07) is 15.9. The number of hydrogen-bond acceptors (Lipinski definition) is 4. The summed E-state index contributed by atoms with van der Waals surface area (Å²) in [5.74, 6) is -0.176. The highest BCUT2D eigenvalue weighted by atomic mass is 32.2. The normalized spacial score (nSPS) is 11.8. The molecule has 0 atom stereocenters. The van der Waals surface area contributed by atoms with Crippen LogP contribution in [-0.2, 0) is 23.3 Å². The average molecular weight is 521 g/mol. The zero-order chi connectivity index (χ0) is 26.5. The molecule has 3 aromatic carbocycles. The lowest BCUT2D eigenvalue weighted by Crippen LogP contribution is -2.27. The van der Waals surface area contributed by atoms with E-state index in [1.54, 1.807) is 19.2 Å². The molecule has 0 unspecified atom stereocenters. The molecule has 4 nitrogen and oxygen atoms in total. The van der Waals surface area contributed by atoms with Crippen LogP contribution in [0, 0.1) is 11.2 Å². The standard InChI is InChI=1S/C27H28F4N2O2S/c1-26(2,3)25(34)33-22-7-5-6-8-24(22)36-16-18-14-19(10-12-23(18)35-4)32-15-17-9-11-20(21(28)13-17)27(29,30)31/h5-14,32H,15-16H2,1-4H3,(H,33,34). The van der Waals surface area contributed by atoms with Gasteiger partial charge in [-0.3, -0.25) is 4.79 Å². The number of amides is 1. The number of halogens is 4. The Labute approximate surface area is 212 Å². The van der Waals surface area contributed by atoms with Crippen LogP contribution in [-0.4, -0.2) is 13.0 Å². The summed E-state index contributed by atoms with van der Waals surface area (Å²) in [6.45, 7) is 5.69. The highest BCUT2D eigenvalue weighted by Crippen LogP contribution is 2.35. The number of benzene rings is 3. The lowest BCUT2D eigenvalue weighted by atomic mass is 9.95. The largest absolute Gasteiger partial charge is 0.496 e. The van der Waals surface area contributed by atoms with Crippen LogP contribution in [0.2, 0.25) is 0 Å². The molecule has 0 fully saturated rings. The summed E-state index contributed by atoms with van der Waals surface area (Å²) < 4.78 is 57.7. The second kappa shape index (κ2) is 11.2.